The summed E-state index contributed by atoms with van der Waals surface area (Å²) in [5.41, 5.74) is 0.309. The summed E-state index contributed by atoms with van der Waals surface area (Å²) >= 11 is 0. The lowest BCUT2D eigenvalue weighted by Crippen LogP contribution is -2.34. The predicted octanol–water partition coefficient (Wildman–Crippen LogP) is 1.18. The van der Waals surface area contributed by atoms with Crippen molar-refractivity contribution in [3.05, 3.63) is 0 Å². The van der Waals surface area contributed by atoms with Crippen LogP contribution < -0.4 is 5.32 Å². The third-order valence-electron chi connectivity index (χ3n) is 2.37. The molecule has 0 radical (unpaired) electrons. The SMILES string of the molecule is CC1(C)CC2CCN=C2N1. The first-order valence-electron chi connectivity index (χ1n) is 4.00. The molecule has 0 aromatic rings. The fraction of sp³-hybridized carbons (Fsp3) is 0.875. The fourth-order valence-corrected chi connectivity index (χ4v) is 1.96. The quantitative estimate of drug-likeness (QED) is 0.534. The molecule has 0 aliphatic carbocycles. The highest BCUT2D eigenvalue weighted by atomic mass is 15.1. The molecule has 2 heterocycles. The minimum Gasteiger partial charge on any atom is -0.369 e. The van der Waals surface area contributed by atoms with Crippen molar-refractivity contribution in [2.75, 3.05) is 6.54 Å². The van der Waals surface area contributed by atoms with Crippen molar-refractivity contribution in [1.29, 1.82) is 0 Å². The average molecular weight is 138 g/mol. The maximum atomic E-state index is 4.40. The van der Waals surface area contributed by atoms with Gasteiger partial charge < -0.3 is 5.32 Å². The van der Waals surface area contributed by atoms with E-state index in [1.165, 1.54) is 18.7 Å². The summed E-state index contributed by atoms with van der Waals surface area (Å²) in [6.07, 6.45) is 2.54. The van der Waals surface area contributed by atoms with E-state index in [1.807, 2.05) is 0 Å². The summed E-state index contributed by atoms with van der Waals surface area (Å²) < 4.78 is 0. The molecule has 56 valence electrons. The van der Waals surface area contributed by atoms with Gasteiger partial charge in [0, 0.05) is 18.0 Å². The lowest BCUT2D eigenvalue weighted by atomic mass is 9.95. The molecule has 2 rings (SSSR count). The van der Waals surface area contributed by atoms with Crippen LogP contribution in [0.5, 0.6) is 0 Å². The van der Waals surface area contributed by atoms with Gasteiger partial charge >= 0.3 is 0 Å². The Bertz CT molecular complexity index is 182. The Morgan fingerprint density at radius 3 is 3.10 bits per heavy atom. The molecule has 2 heteroatoms. The zero-order valence-electron chi connectivity index (χ0n) is 6.65. The van der Waals surface area contributed by atoms with Gasteiger partial charge in [-0.15, -0.1) is 0 Å². The van der Waals surface area contributed by atoms with Gasteiger partial charge in [0.2, 0.25) is 0 Å². The first-order chi connectivity index (χ1) is 4.67. The fourth-order valence-electron chi connectivity index (χ4n) is 1.96. The van der Waals surface area contributed by atoms with Crippen LogP contribution in [0.3, 0.4) is 0 Å². The van der Waals surface area contributed by atoms with Gasteiger partial charge in [0.1, 0.15) is 0 Å². The number of rotatable bonds is 0. The van der Waals surface area contributed by atoms with Gasteiger partial charge in [0.15, 0.2) is 0 Å². The standard InChI is InChI=1S/C8H14N2/c1-8(2)5-6-3-4-9-7(6)10-8/h6H,3-5H2,1-2H3,(H,9,10). The minimum atomic E-state index is 0.309. The van der Waals surface area contributed by atoms with Gasteiger partial charge in [-0.1, -0.05) is 0 Å². The second-order valence-corrected chi connectivity index (χ2v) is 3.97. The first kappa shape index (κ1) is 6.20. The number of amidine groups is 1. The molecule has 1 N–H and O–H groups in total. The molecule has 10 heavy (non-hydrogen) atoms. The van der Waals surface area contributed by atoms with Crippen molar-refractivity contribution in [1.82, 2.24) is 5.32 Å². The van der Waals surface area contributed by atoms with Gasteiger partial charge in [-0.3, -0.25) is 4.99 Å². The maximum Gasteiger partial charge on any atom is 0.1000 e. The molecule has 0 aromatic carbocycles. The van der Waals surface area contributed by atoms with Crippen molar-refractivity contribution in [2.24, 2.45) is 10.9 Å². The van der Waals surface area contributed by atoms with E-state index in [0.717, 1.165) is 12.5 Å². The van der Waals surface area contributed by atoms with E-state index in [-0.39, 0.29) is 0 Å². The number of hydrogen-bond donors (Lipinski definition) is 1. The van der Waals surface area contributed by atoms with Crippen LogP contribution in [0.25, 0.3) is 0 Å². The van der Waals surface area contributed by atoms with E-state index < -0.39 is 0 Å². The van der Waals surface area contributed by atoms with Crippen LogP contribution in [0, 0.1) is 5.92 Å². The Kier molecular flexibility index (Phi) is 1.08. The molecule has 0 bridgehead atoms. The van der Waals surface area contributed by atoms with Gasteiger partial charge in [-0.25, -0.2) is 0 Å². The van der Waals surface area contributed by atoms with Crippen LogP contribution in [0.1, 0.15) is 26.7 Å². The highest BCUT2D eigenvalue weighted by Crippen LogP contribution is 2.30. The van der Waals surface area contributed by atoms with Crippen molar-refractivity contribution >= 4 is 5.84 Å². The molecule has 1 fully saturated rings. The molecule has 2 aliphatic heterocycles. The van der Waals surface area contributed by atoms with Crippen molar-refractivity contribution in [3.8, 4) is 0 Å². The Labute approximate surface area is 61.7 Å². The van der Waals surface area contributed by atoms with E-state index in [0.29, 0.717) is 5.54 Å². The molecule has 0 amide bonds. The lowest BCUT2D eigenvalue weighted by molar-refractivity contribution is 0.434. The number of aliphatic imine (C=N–C) groups is 1. The average Bonchev–Trinajstić information content (AvgIpc) is 2.20. The van der Waals surface area contributed by atoms with E-state index in [4.69, 9.17) is 0 Å². The summed E-state index contributed by atoms with van der Waals surface area (Å²) in [5, 5.41) is 3.44. The Balaban J connectivity index is 2.19. The normalized spacial score (nSPS) is 35.0. The summed E-state index contributed by atoms with van der Waals surface area (Å²) in [4.78, 5) is 4.40. The molecule has 2 aliphatic rings. The van der Waals surface area contributed by atoms with Crippen LogP contribution in [0.4, 0.5) is 0 Å². The summed E-state index contributed by atoms with van der Waals surface area (Å²) in [5.74, 6) is 2.03. The smallest absolute Gasteiger partial charge is 0.1000 e. The van der Waals surface area contributed by atoms with E-state index in [2.05, 4.69) is 24.2 Å². The van der Waals surface area contributed by atoms with Crippen LogP contribution in [-0.4, -0.2) is 17.9 Å². The third-order valence-corrected chi connectivity index (χ3v) is 2.37. The lowest BCUT2D eigenvalue weighted by Gasteiger charge is -2.17. The summed E-state index contributed by atoms with van der Waals surface area (Å²) in [7, 11) is 0. The second kappa shape index (κ2) is 1.74. The molecule has 1 saturated heterocycles. The minimum absolute atomic E-state index is 0.309. The Hall–Kier alpha value is -0.530. The van der Waals surface area contributed by atoms with Crippen LogP contribution in [-0.2, 0) is 0 Å². The Morgan fingerprint density at radius 1 is 1.60 bits per heavy atom. The summed E-state index contributed by atoms with van der Waals surface area (Å²) in [6.45, 7) is 5.53. The van der Waals surface area contributed by atoms with Crippen molar-refractivity contribution < 1.29 is 0 Å². The van der Waals surface area contributed by atoms with Gasteiger partial charge in [0.05, 0.1) is 5.84 Å². The number of fused-ring (bicyclic) bond motifs is 1. The van der Waals surface area contributed by atoms with Crippen LogP contribution >= 0.6 is 0 Å². The van der Waals surface area contributed by atoms with E-state index in [9.17, 15) is 0 Å². The largest absolute Gasteiger partial charge is 0.369 e. The monoisotopic (exact) mass is 138 g/mol. The summed E-state index contributed by atoms with van der Waals surface area (Å²) in [6, 6.07) is 0. The Morgan fingerprint density at radius 2 is 2.40 bits per heavy atom. The topological polar surface area (TPSA) is 24.4 Å². The van der Waals surface area contributed by atoms with E-state index >= 15 is 0 Å². The highest BCUT2D eigenvalue weighted by Gasteiger charge is 2.37. The number of nitrogens with zero attached hydrogens (tertiary/aromatic N) is 1. The molecule has 2 nitrogen and oxygen atoms in total. The van der Waals surface area contributed by atoms with Crippen LogP contribution in [0.2, 0.25) is 0 Å². The first-order valence-corrected chi connectivity index (χ1v) is 4.00. The highest BCUT2D eigenvalue weighted by molar-refractivity contribution is 5.88. The van der Waals surface area contributed by atoms with Gasteiger partial charge in [-0.2, -0.15) is 0 Å². The molecular formula is C8H14N2. The molecule has 0 spiro atoms. The second-order valence-electron chi connectivity index (χ2n) is 3.97. The molecular weight excluding hydrogens is 124 g/mol. The van der Waals surface area contributed by atoms with Gasteiger partial charge in [0.25, 0.3) is 0 Å². The molecule has 1 unspecified atom stereocenters. The number of hydrogen-bond acceptors (Lipinski definition) is 2. The third kappa shape index (κ3) is 0.825. The van der Waals surface area contributed by atoms with E-state index in [1.54, 1.807) is 0 Å². The molecule has 0 saturated carbocycles. The zero-order chi connectivity index (χ0) is 7.19. The zero-order valence-corrected chi connectivity index (χ0v) is 6.65. The van der Waals surface area contributed by atoms with Crippen molar-refractivity contribution in [3.63, 3.8) is 0 Å². The van der Waals surface area contributed by atoms with Crippen molar-refractivity contribution in [2.45, 2.75) is 32.2 Å². The predicted molar refractivity (Wildman–Crippen MR) is 42.2 cm³/mol. The van der Waals surface area contributed by atoms with Crippen LogP contribution in [0.15, 0.2) is 4.99 Å². The maximum absolute atomic E-state index is 4.40. The molecule has 1 atom stereocenters. The number of nitrogens with one attached hydrogen (secondary N) is 1. The van der Waals surface area contributed by atoms with Gasteiger partial charge in [-0.05, 0) is 26.7 Å². The molecule has 0 aromatic heterocycles.